The summed E-state index contributed by atoms with van der Waals surface area (Å²) in [6.45, 7) is 3.16. The third kappa shape index (κ3) is 11.3. The maximum atomic E-state index is 12.6. The van der Waals surface area contributed by atoms with Gasteiger partial charge in [0.05, 0.1) is 49.8 Å². The van der Waals surface area contributed by atoms with E-state index in [1.165, 1.54) is 38.5 Å². The zero-order chi connectivity index (χ0) is 30.4. The van der Waals surface area contributed by atoms with Crippen LogP contribution in [0.2, 0.25) is 0 Å². The van der Waals surface area contributed by atoms with Crippen molar-refractivity contribution in [1.29, 1.82) is 0 Å². The lowest BCUT2D eigenvalue weighted by Gasteiger charge is -2.09. The third-order valence-corrected chi connectivity index (χ3v) is 7.61. The summed E-state index contributed by atoms with van der Waals surface area (Å²) >= 11 is 0. The maximum absolute atomic E-state index is 12.6. The van der Waals surface area contributed by atoms with Crippen molar-refractivity contribution in [2.45, 2.75) is 76.4 Å². The van der Waals surface area contributed by atoms with Crippen molar-refractivity contribution in [2.24, 2.45) is 0 Å². The number of ether oxygens (including phenoxy) is 6. The summed E-state index contributed by atoms with van der Waals surface area (Å²) in [6.07, 6.45) is 12.4. The zero-order valence-corrected chi connectivity index (χ0v) is 25.2. The number of benzene rings is 3. The van der Waals surface area contributed by atoms with Crippen LogP contribution >= 0.6 is 0 Å². The Morgan fingerprint density at radius 1 is 0.500 bits per heavy atom. The van der Waals surface area contributed by atoms with E-state index >= 15 is 0 Å². The van der Waals surface area contributed by atoms with E-state index in [0.717, 1.165) is 50.4 Å². The highest BCUT2D eigenvalue weighted by molar-refractivity contribution is 5.92. The first-order valence-corrected chi connectivity index (χ1v) is 15.9. The fourth-order valence-electron chi connectivity index (χ4n) is 4.79. The highest BCUT2D eigenvalue weighted by Crippen LogP contribution is 2.22. The topological polar surface area (TPSA) is 96.1 Å². The molecule has 0 spiro atoms. The summed E-state index contributed by atoms with van der Waals surface area (Å²) < 4.78 is 33.0. The van der Waals surface area contributed by atoms with Gasteiger partial charge in [-0.3, -0.25) is 0 Å². The molecule has 0 N–H and O–H groups in total. The van der Waals surface area contributed by atoms with Crippen molar-refractivity contribution in [1.82, 2.24) is 0 Å². The van der Waals surface area contributed by atoms with Crippen LogP contribution in [-0.2, 0) is 9.47 Å². The van der Waals surface area contributed by atoms with Crippen LogP contribution in [0.25, 0.3) is 0 Å². The molecule has 8 heteroatoms. The van der Waals surface area contributed by atoms with Crippen molar-refractivity contribution in [3.8, 4) is 23.0 Å². The van der Waals surface area contributed by atoms with E-state index in [1.807, 2.05) is 0 Å². The molecule has 2 aliphatic rings. The van der Waals surface area contributed by atoms with Gasteiger partial charge in [0.1, 0.15) is 23.0 Å². The van der Waals surface area contributed by atoms with E-state index in [-0.39, 0.29) is 0 Å². The lowest BCUT2D eigenvalue weighted by molar-refractivity contribution is 0.0719. The molecule has 3 aromatic carbocycles. The summed E-state index contributed by atoms with van der Waals surface area (Å²) in [4.78, 5) is 25.2. The number of rotatable bonds is 20. The van der Waals surface area contributed by atoms with E-state index in [4.69, 9.17) is 28.4 Å². The molecule has 0 radical (unpaired) electrons. The molecule has 3 aromatic rings. The predicted octanol–water partition coefficient (Wildman–Crippen LogP) is 7.58. The average molecular weight is 603 g/mol. The second-order valence-electron chi connectivity index (χ2n) is 11.3. The molecular formula is C36H42O8. The van der Waals surface area contributed by atoms with Gasteiger partial charge in [-0.25, -0.2) is 9.59 Å². The minimum Gasteiger partial charge on any atom is -0.494 e. The summed E-state index contributed by atoms with van der Waals surface area (Å²) in [5.74, 6) is 1.19. The van der Waals surface area contributed by atoms with Crippen LogP contribution in [0.5, 0.6) is 23.0 Å². The predicted molar refractivity (Wildman–Crippen MR) is 166 cm³/mol. The van der Waals surface area contributed by atoms with E-state index in [1.54, 1.807) is 72.8 Å². The second kappa shape index (κ2) is 16.8. The van der Waals surface area contributed by atoms with Gasteiger partial charge in [0.2, 0.25) is 0 Å². The molecule has 44 heavy (non-hydrogen) atoms. The highest BCUT2D eigenvalue weighted by atomic mass is 16.6. The van der Waals surface area contributed by atoms with Crippen LogP contribution in [0.3, 0.4) is 0 Å². The number of unbranched alkanes of at least 4 members (excludes halogenated alkanes) is 6. The normalized spacial score (nSPS) is 16.6. The Morgan fingerprint density at radius 2 is 0.841 bits per heavy atom. The Labute approximate surface area is 259 Å². The smallest absolute Gasteiger partial charge is 0.343 e. The summed E-state index contributed by atoms with van der Waals surface area (Å²) in [5, 5.41) is 0. The van der Waals surface area contributed by atoms with Crippen molar-refractivity contribution in [3.05, 3.63) is 83.9 Å². The first kappa shape index (κ1) is 31.5. The molecule has 2 unspecified atom stereocenters. The van der Waals surface area contributed by atoms with Gasteiger partial charge in [-0.2, -0.15) is 0 Å². The van der Waals surface area contributed by atoms with Gasteiger partial charge in [0.25, 0.3) is 0 Å². The molecule has 234 valence electrons. The molecule has 5 rings (SSSR count). The van der Waals surface area contributed by atoms with Crippen LogP contribution in [0.4, 0.5) is 0 Å². The molecule has 8 nitrogen and oxygen atoms in total. The molecule has 2 aliphatic heterocycles. The maximum Gasteiger partial charge on any atom is 0.343 e. The second-order valence-corrected chi connectivity index (χ2v) is 11.3. The van der Waals surface area contributed by atoms with Crippen LogP contribution in [0.1, 0.15) is 84.9 Å². The van der Waals surface area contributed by atoms with Gasteiger partial charge in [-0.15, -0.1) is 0 Å². The molecule has 2 atom stereocenters. The monoisotopic (exact) mass is 602 g/mol. The molecule has 0 aromatic heterocycles. The highest BCUT2D eigenvalue weighted by Gasteiger charge is 2.21. The van der Waals surface area contributed by atoms with E-state index in [0.29, 0.717) is 48.0 Å². The molecule has 0 aliphatic carbocycles. The fourth-order valence-corrected chi connectivity index (χ4v) is 4.79. The summed E-state index contributed by atoms with van der Waals surface area (Å²) in [7, 11) is 0. The summed E-state index contributed by atoms with van der Waals surface area (Å²) in [5.41, 5.74) is 0.837. The molecule has 2 heterocycles. The average Bonchev–Trinajstić information content (AvgIpc) is 3.98. The number of epoxide rings is 2. The van der Waals surface area contributed by atoms with Crippen LogP contribution in [0, 0.1) is 0 Å². The Kier molecular flexibility index (Phi) is 12.1. The van der Waals surface area contributed by atoms with Gasteiger partial charge in [-0.05, 0) is 98.5 Å². The van der Waals surface area contributed by atoms with E-state index < -0.39 is 11.9 Å². The van der Waals surface area contributed by atoms with Crippen LogP contribution < -0.4 is 18.9 Å². The molecule has 2 fully saturated rings. The van der Waals surface area contributed by atoms with Crippen LogP contribution in [0.15, 0.2) is 72.8 Å². The number of esters is 2. The van der Waals surface area contributed by atoms with E-state index in [9.17, 15) is 9.59 Å². The van der Waals surface area contributed by atoms with Gasteiger partial charge >= 0.3 is 11.9 Å². The van der Waals surface area contributed by atoms with Gasteiger partial charge in [0, 0.05) is 0 Å². The molecule has 2 saturated heterocycles. The van der Waals surface area contributed by atoms with Gasteiger partial charge in [-0.1, -0.05) is 38.5 Å². The quantitative estimate of drug-likeness (QED) is 0.0565. The first-order chi connectivity index (χ1) is 21.6. The van der Waals surface area contributed by atoms with Crippen molar-refractivity contribution in [2.75, 3.05) is 26.4 Å². The first-order valence-electron chi connectivity index (χ1n) is 15.9. The van der Waals surface area contributed by atoms with Gasteiger partial charge in [0.15, 0.2) is 0 Å². The molecule has 0 saturated carbocycles. The number of hydrogen-bond donors (Lipinski definition) is 0. The molecule has 0 amide bonds. The van der Waals surface area contributed by atoms with Crippen molar-refractivity contribution >= 4 is 11.9 Å². The Morgan fingerprint density at radius 3 is 1.20 bits per heavy atom. The Bertz CT molecular complexity index is 1190. The largest absolute Gasteiger partial charge is 0.494 e. The minimum atomic E-state index is -0.480. The number of hydrogen-bond acceptors (Lipinski definition) is 8. The number of carbonyl (C=O) groups excluding carboxylic acids is 2. The van der Waals surface area contributed by atoms with Crippen molar-refractivity contribution in [3.63, 3.8) is 0 Å². The standard InChI is InChI=1S/C36H42O8/c37-35(27-11-15-29(16-12-27)39-23-7-3-1-5-9-33-25-41-33)43-31-19-21-32(22-20-31)44-36(38)28-13-17-30(18-14-28)40-24-8-4-2-6-10-34-26-42-34/h11-22,33-34H,1-10,23-26H2. The van der Waals surface area contributed by atoms with Crippen molar-refractivity contribution < 1.29 is 38.0 Å². The van der Waals surface area contributed by atoms with Gasteiger partial charge < -0.3 is 28.4 Å². The van der Waals surface area contributed by atoms with Crippen LogP contribution in [-0.4, -0.2) is 50.6 Å². The summed E-state index contributed by atoms with van der Waals surface area (Å²) in [6, 6.07) is 20.2. The fraction of sp³-hybridized carbons (Fsp3) is 0.444. The SMILES string of the molecule is O=C(Oc1ccc(OC(=O)c2ccc(OCCCCCCC3CO3)cc2)cc1)c1ccc(OCCCCCCC2CO2)cc1. The molecule has 0 bridgehead atoms. The Balaban J connectivity index is 0.965. The lowest BCUT2D eigenvalue weighted by Crippen LogP contribution is -2.09. The molecular weight excluding hydrogens is 560 g/mol. The van der Waals surface area contributed by atoms with E-state index in [2.05, 4.69) is 0 Å². The zero-order valence-electron chi connectivity index (χ0n) is 25.2. The third-order valence-electron chi connectivity index (χ3n) is 7.61. The minimum absolute atomic E-state index is 0.349. The lowest BCUT2D eigenvalue weighted by atomic mass is 10.1. The Hall–Kier alpha value is -3.88. The number of carbonyl (C=O) groups is 2.